The number of nitrogens with one attached hydrogen (secondary N) is 1. The molecular weight excluding hydrogens is 446 g/mol. The third-order valence-corrected chi connectivity index (χ3v) is 6.62. The Hall–Kier alpha value is -3.83. The lowest BCUT2D eigenvalue weighted by molar-refractivity contribution is 0.0983. The second-order valence-corrected chi connectivity index (χ2v) is 8.94. The number of carbonyl (C=O) groups is 2. The van der Waals surface area contributed by atoms with Gasteiger partial charge in [0, 0.05) is 28.2 Å². The summed E-state index contributed by atoms with van der Waals surface area (Å²) in [5.41, 5.74) is 6.59. The minimum atomic E-state index is -0.159. The first-order chi connectivity index (χ1) is 16.4. The molecule has 1 N–H and O–H groups in total. The van der Waals surface area contributed by atoms with Crippen molar-refractivity contribution in [1.82, 2.24) is 4.57 Å². The highest BCUT2D eigenvalue weighted by Crippen LogP contribution is 2.31. The van der Waals surface area contributed by atoms with E-state index >= 15 is 0 Å². The van der Waals surface area contributed by atoms with E-state index in [1.165, 1.54) is 0 Å². The van der Waals surface area contributed by atoms with E-state index < -0.39 is 0 Å². The summed E-state index contributed by atoms with van der Waals surface area (Å²) in [6.45, 7) is 4.89. The fourth-order valence-electron chi connectivity index (χ4n) is 4.52. The number of hydrogen-bond acceptors (Lipinski definition) is 2. The van der Waals surface area contributed by atoms with Crippen LogP contribution in [0.1, 0.15) is 43.1 Å². The number of aryl methyl sites for hydroxylation is 2. The van der Waals surface area contributed by atoms with Crippen LogP contribution in [-0.4, -0.2) is 16.4 Å². The van der Waals surface area contributed by atoms with Crippen molar-refractivity contribution in [3.63, 3.8) is 0 Å². The van der Waals surface area contributed by atoms with Crippen LogP contribution in [0.25, 0.3) is 0 Å². The third-order valence-electron chi connectivity index (χ3n) is 6.29. The Morgan fingerprint density at radius 1 is 0.824 bits per heavy atom. The van der Waals surface area contributed by atoms with E-state index in [1.807, 2.05) is 73.0 Å². The average molecular weight is 470 g/mol. The maximum Gasteiger partial charge on any atom is 0.258 e. The van der Waals surface area contributed by atoms with Crippen LogP contribution in [0, 0.1) is 13.8 Å². The first-order valence-electron chi connectivity index (χ1n) is 11.1. The number of carbonyl (C=O) groups excluding carboxylic acids is 2. The Labute approximate surface area is 203 Å². The van der Waals surface area contributed by atoms with E-state index in [1.54, 1.807) is 29.2 Å². The molecule has 0 unspecified atom stereocenters. The molecule has 0 spiro atoms. The van der Waals surface area contributed by atoms with Crippen molar-refractivity contribution < 1.29 is 9.59 Å². The Bertz CT molecular complexity index is 1390. The van der Waals surface area contributed by atoms with E-state index in [4.69, 9.17) is 11.6 Å². The summed E-state index contributed by atoms with van der Waals surface area (Å²) < 4.78 is 2.03. The molecule has 170 valence electrons. The normalized spacial score (nSPS) is 12.5. The van der Waals surface area contributed by atoms with Crippen LogP contribution in [-0.2, 0) is 13.1 Å². The van der Waals surface area contributed by atoms with Gasteiger partial charge in [-0.2, -0.15) is 0 Å². The number of amides is 2. The third kappa shape index (κ3) is 3.99. The van der Waals surface area contributed by atoms with Gasteiger partial charge in [0.25, 0.3) is 11.8 Å². The van der Waals surface area contributed by atoms with Gasteiger partial charge in [-0.3, -0.25) is 9.59 Å². The average Bonchev–Trinajstić information content (AvgIpc) is 3.07. The molecule has 0 bridgehead atoms. The highest BCUT2D eigenvalue weighted by Gasteiger charge is 2.25. The fraction of sp³-hybridized carbons (Fsp3) is 0.143. The number of rotatable bonds is 3. The molecule has 0 fully saturated rings. The van der Waals surface area contributed by atoms with Crippen molar-refractivity contribution in [3.05, 3.63) is 118 Å². The summed E-state index contributed by atoms with van der Waals surface area (Å²) in [4.78, 5) is 28.2. The first kappa shape index (κ1) is 22.0. The molecule has 6 heteroatoms. The van der Waals surface area contributed by atoms with Gasteiger partial charge in [0.15, 0.2) is 0 Å². The minimum absolute atomic E-state index is 0.106. The van der Waals surface area contributed by atoms with Gasteiger partial charge in [0.2, 0.25) is 0 Å². The zero-order chi connectivity index (χ0) is 23.8. The molecule has 0 atom stereocenters. The molecule has 4 aromatic rings. The summed E-state index contributed by atoms with van der Waals surface area (Å²) in [6, 6.07) is 24.5. The van der Waals surface area contributed by atoms with Crippen molar-refractivity contribution in [2.75, 3.05) is 10.2 Å². The number of halogens is 1. The molecule has 2 heterocycles. The van der Waals surface area contributed by atoms with Gasteiger partial charge in [-0.15, -0.1) is 0 Å². The SMILES string of the molecule is Cc1cccc(C)c1C(=O)Nc1ccc(C(=O)N2Cc3ccc(Cl)n3Cc3ccccc32)cc1. The highest BCUT2D eigenvalue weighted by atomic mass is 35.5. The van der Waals surface area contributed by atoms with Crippen LogP contribution in [0.5, 0.6) is 0 Å². The van der Waals surface area contributed by atoms with Gasteiger partial charge in [0.1, 0.15) is 5.15 Å². The molecule has 0 aliphatic carbocycles. The highest BCUT2D eigenvalue weighted by molar-refractivity contribution is 6.29. The number of hydrogen-bond donors (Lipinski definition) is 1. The van der Waals surface area contributed by atoms with Gasteiger partial charge >= 0.3 is 0 Å². The van der Waals surface area contributed by atoms with E-state index in [-0.39, 0.29) is 11.8 Å². The van der Waals surface area contributed by atoms with Crippen molar-refractivity contribution in [3.8, 4) is 0 Å². The van der Waals surface area contributed by atoms with Crippen LogP contribution in [0.15, 0.2) is 78.9 Å². The van der Waals surface area contributed by atoms with Gasteiger partial charge in [0.05, 0.1) is 13.1 Å². The Morgan fingerprint density at radius 2 is 1.53 bits per heavy atom. The van der Waals surface area contributed by atoms with Gasteiger partial charge in [-0.25, -0.2) is 0 Å². The van der Waals surface area contributed by atoms with Crippen LogP contribution in [0.3, 0.4) is 0 Å². The molecule has 5 rings (SSSR count). The van der Waals surface area contributed by atoms with E-state index in [9.17, 15) is 9.59 Å². The van der Waals surface area contributed by atoms with Crippen LogP contribution in [0.4, 0.5) is 11.4 Å². The largest absolute Gasteiger partial charge is 0.330 e. The lowest BCUT2D eigenvalue weighted by Gasteiger charge is -2.23. The second kappa shape index (κ2) is 8.84. The number of benzene rings is 3. The van der Waals surface area contributed by atoms with Crippen LogP contribution < -0.4 is 10.2 Å². The molecule has 0 saturated carbocycles. The quantitative estimate of drug-likeness (QED) is 0.387. The Kier molecular flexibility index (Phi) is 5.72. The Morgan fingerprint density at radius 3 is 2.26 bits per heavy atom. The van der Waals surface area contributed by atoms with Crippen LogP contribution in [0.2, 0.25) is 5.15 Å². The maximum atomic E-state index is 13.6. The van der Waals surface area contributed by atoms with E-state index in [2.05, 4.69) is 5.32 Å². The van der Waals surface area contributed by atoms with Crippen LogP contribution >= 0.6 is 11.6 Å². The van der Waals surface area contributed by atoms with E-state index in [0.29, 0.717) is 35.1 Å². The minimum Gasteiger partial charge on any atom is -0.330 e. The summed E-state index contributed by atoms with van der Waals surface area (Å²) in [5, 5.41) is 3.60. The molecule has 0 saturated heterocycles. The van der Waals surface area contributed by atoms with Crippen molar-refractivity contribution in [1.29, 1.82) is 0 Å². The van der Waals surface area contributed by atoms with Gasteiger partial charge in [-0.05, 0) is 73.0 Å². The maximum absolute atomic E-state index is 13.6. The first-order valence-corrected chi connectivity index (χ1v) is 11.5. The summed E-state index contributed by atoms with van der Waals surface area (Å²) in [5.74, 6) is -0.264. The second-order valence-electron chi connectivity index (χ2n) is 8.55. The van der Waals surface area contributed by atoms with Crippen molar-refractivity contribution in [2.24, 2.45) is 0 Å². The molecule has 2 amide bonds. The lowest BCUT2D eigenvalue weighted by atomic mass is 10.0. The molecular formula is C28H24ClN3O2. The smallest absolute Gasteiger partial charge is 0.258 e. The molecule has 5 nitrogen and oxygen atoms in total. The topological polar surface area (TPSA) is 54.3 Å². The number of fused-ring (bicyclic) bond motifs is 2. The predicted octanol–water partition coefficient (Wildman–Crippen LogP) is 6.22. The zero-order valence-corrected chi connectivity index (χ0v) is 19.8. The van der Waals surface area contributed by atoms with Gasteiger partial charge < -0.3 is 14.8 Å². The standard InChI is InChI=1S/C28H24ClN3O2/c1-18-6-5-7-19(2)26(18)27(33)30-22-12-10-20(11-13-22)28(34)32-17-23-14-15-25(29)31(23)16-21-8-3-4-9-24(21)32/h3-15H,16-17H2,1-2H3,(H,30,33). The Balaban J connectivity index is 1.40. The molecule has 34 heavy (non-hydrogen) atoms. The molecule has 1 aliphatic heterocycles. The number of anilines is 2. The molecule has 0 radical (unpaired) electrons. The monoisotopic (exact) mass is 469 g/mol. The predicted molar refractivity (Wildman–Crippen MR) is 136 cm³/mol. The van der Waals surface area contributed by atoms with E-state index in [0.717, 1.165) is 28.1 Å². The molecule has 1 aromatic heterocycles. The number of aromatic nitrogens is 1. The van der Waals surface area contributed by atoms with Crippen molar-refractivity contribution in [2.45, 2.75) is 26.9 Å². The van der Waals surface area contributed by atoms with Crippen molar-refractivity contribution >= 4 is 34.8 Å². The zero-order valence-electron chi connectivity index (χ0n) is 19.0. The summed E-state index contributed by atoms with van der Waals surface area (Å²) in [6.07, 6.45) is 0. The lowest BCUT2D eigenvalue weighted by Crippen LogP contribution is -2.30. The number of nitrogens with zero attached hydrogens (tertiary/aromatic N) is 2. The molecule has 3 aromatic carbocycles. The number of para-hydroxylation sites is 1. The molecule has 1 aliphatic rings. The summed E-state index contributed by atoms with van der Waals surface area (Å²) in [7, 11) is 0. The summed E-state index contributed by atoms with van der Waals surface area (Å²) >= 11 is 6.39. The fourth-order valence-corrected chi connectivity index (χ4v) is 4.75. The van der Waals surface area contributed by atoms with Gasteiger partial charge in [-0.1, -0.05) is 48.0 Å².